The molecule has 0 saturated heterocycles. The highest BCUT2D eigenvalue weighted by Gasteiger charge is 2.37. The van der Waals surface area contributed by atoms with Crippen LogP contribution in [-0.4, -0.2) is 24.8 Å². The molecule has 3 rings (SSSR count). The standard InChI is InChI=1S/C21H17F5N2O3/c1-4-30-12-7-6-11(14(9-12)31-5-2)8-13-10(3)27-28(21(13)29)20-18(25)16(23)15(22)17(24)19(20)26/h6-9H,4-5H2,1-3H3/b13-8+. The first kappa shape index (κ1) is 22.3. The number of hydrogen-bond acceptors (Lipinski definition) is 4. The van der Waals surface area contributed by atoms with E-state index >= 15 is 0 Å². The molecule has 0 saturated carbocycles. The van der Waals surface area contributed by atoms with Crippen molar-refractivity contribution in [3.05, 3.63) is 58.4 Å². The van der Waals surface area contributed by atoms with Crippen LogP contribution in [0.2, 0.25) is 0 Å². The highest BCUT2D eigenvalue weighted by Crippen LogP contribution is 2.35. The Balaban J connectivity index is 2.06. The summed E-state index contributed by atoms with van der Waals surface area (Å²) in [5.41, 5.74) is -1.09. The number of hydrazone groups is 1. The van der Waals surface area contributed by atoms with E-state index in [4.69, 9.17) is 9.47 Å². The highest BCUT2D eigenvalue weighted by molar-refractivity contribution is 6.32. The minimum atomic E-state index is -2.32. The van der Waals surface area contributed by atoms with E-state index in [1.165, 1.54) is 13.0 Å². The molecule has 1 heterocycles. The van der Waals surface area contributed by atoms with Crippen molar-refractivity contribution in [1.29, 1.82) is 0 Å². The van der Waals surface area contributed by atoms with E-state index in [0.717, 1.165) is 0 Å². The summed E-state index contributed by atoms with van der Waals surface area (Å²) in [7, 11) is 0. The maximum atomic E-state index is 14.2. The SMILES string of the molecule is CCOc1ccc(/C=C2/C(=O)N(c3c(F)c(F)c(F)c(F)c3F)N=C2C)c(OCC)c1. The number of anilines is 1. The number of benzene rings is 2. The van der Waals surface area contributed by atoms with Gasteiger partial charge in [-0.25, -0.2) is 22.0 Å². The van der Waals surface area contributed by atoms with E-state index in [-0.39, 0.29) is 16.3 Å². The third-order valence-electron chi connectivity index (χ3n) is 4.36. The average molecular weight is 440 g/mol. The van der Waals surface area contributed by atoms with Crippen molar-refractivity contribution in [2.75, 3.05) is 18.2 Å². The first-order valence-electron chi connectivity index (χ1n) is 9.24. The fraction of sp³-hybridized carbons (Fsp3) is 0.238. The fourth-order valence-corrected chi connectivity index (χ4v) is 2.94. The third kappa shape index (κ3) is 3.97. The molecule has 1 aliphatic heterocycles. The van der Waals surface area contributed by atoms with Gasteiger partial charge < -0.3 is 9.47 Å². The summed E-state index contributed by atoms with van der Waals surface area (Å²) in [4.78, 5) is 12.8. The van der Waals surface area contributed by atoms with Gasteiger partial charge in [-0.05, 0) is 39.0 Å². The number of rotatable bonds is 6. The quantitative estimate of drug-likeness (QED) is 0.275. The van der Waals surface area contributed by atoms with Gasteiger partial charge in [-0.1, -0.05) is 0 Å². The van der Waals surface area contributed by atoms with Crippen molar-refractivity contribution in [1.82, 2.24) is 0 Å². The van der Waals surface area contributed by atoms with E-state index in [1.54, 1.807) is 32.0 Å². The van der Waals surface area contributed by atoms with Crippen molar-refractivity contribution in [2.24, 2.45) is 5.10 Å². The largest absolute Gasteiger partial charge is 0.494 e. The Kier molecular flexibility index (Phi) is 6.28. The molecule has 1 amide bonds. The number of nitrogens with zero attached hydrogens (tertiary/aromatic N) is 2. The first-order valence-corrected chi connectivity index (χ1v) is 9.24. The van der Waals surface area contributed by atoms with E-state index in [2.05, 4.69) is 5.10 Å². The Hall–Kier alpha value is -3.43. The highest BCUT2D eigenvalue weighted by atomic mass is 19.2. The summed E-state index contributed by atoms with van der Waals surface area (Å²) in [6.45, 7) is 5.66. The van der Waals surface area contributed by atoms with Crippen molar-refractivity contribution in [3.63, 3.8) is 0 Å². The smallest absolute Gasteiger partial charge is 0.280 e. The van der Waals surface area contributed by atoms with E-state index in [9.17, 15) is 26.7 Å². The monoisotopic (exact) mass is 440 g/mol. The zero-order valence-electron chi connectivity index (χ0n) is 16.7. The molecular formula is C21H17F5N2O3. The molecule has 164 valence electrons. The van der Waals surface area contributed by atoms with Crippen LogP contribution in [0.4, 0.5) is 27.6 Å². The van der Waals surface area contributed by atoms with Crippen LogP contribution in [0.1, 0.15) is 26.3 Å². The van der Waals surface area contributed by atoms with Crippen LogP contribution in [0.15, 0.2) is 28.9 Å². The molecule has 31 heavy (non-hydrogen) atoms. The Morgan fingerprint density at radius 2 is 1.52 bits per heavy atom. The van der Waals surface area contributed by atoms with Gasteiger partial charge in [-0.15, -0.1) is 0 Å². The van der Waals surface area contributed by atoms with Crippen LogP contribution in [0.5, 0.6) is 11.5 Å². The first-order chi connectivity index (χ1) is 14.7. The molecule has 0 bridgehead atoms. The topological polar surface area (TPSA) is 51.1 Å². The molecule has 0 N–H and O–H groups in total. The molecule has 2 aromatic rings. The van der Waals surface area contributed by atoms with E-state index in [1.807, 2.05) is 0 Å². The molecular weight excluding hydrogens is 423 g/mol. The summed E-state index contributed by atoms with van der Waals surface area (Å²) in [6, 6.07) is 4.84. The van der Waals surface area contributed by atoms with Gasteiger partial charge in [0.2, 0.25) is 5.82 Å². The van der Waals surface area contributed by atoms with Crippen LogP contribution in [0.25, 0.3) is 6.08 Å². The number of ether oxygens (including phenoxy) is 2. The second-order valence-electron chi connectivity index (χ2n) is 6.34. The number of hydrogen-bond donors (Lipinski definition) is 0. The lowest BCUT2D eigenvalue weighted by Gasteiger charge is -2.15. The van der Waals surface area contributed by atoms with Crippen LogP contribution in [-0.2, 0) is 4.79 Å². The van der Waals surface area contributed by atoms with Gasteiger partial charge in [0.05, 0.1) is 24.5 Å². The molecule has 0 unspecified atom stereocenters. The minimum Gasteiger partial charge on any atom is -0.494 e. The van der Waals surface area contributed by atoms with Crippen LogP contribution in [0, 0.1) is 29.1 Å². The second kappa shape index (κ2) is 8.75. The van der Waals surface area contributed by atoms with Gasteiger partial charge in [0.25, 0.3) is 5.91 Å². The summed E-state index contributed by atoms with van der Waals surface area (Å²) < 4.78 is 79.7. The van der Waals surface area contributed by atoms with Crippen molar-refractivity contribution >= 4 is 23.4 Å². The summed E-state index contributed by atoms with van der Waals surface area (Å²) in [5.74, 6) is -11.1. The lowest BCUT2D eigenvalue weighted by Crippen LogP contribution is -2.25. The molecule has 5 nitrogen and oxygen atoms in total. The Morgan fingerprint density at radius 3 is 2.10 bits per heavy atom. The molecule has 10 heteroatoms. The Labute approximate surface area is 174 Å². The van der Waals surface area contributed by atoms with Gasteiger partial charge in [0.15, 0.2) is 23.3 Å². The maximum absolute atomic E-state index is 14.2. The Bertz CT molecular complexity index is 1090. The van der Waals surface area contributed by atoms with Crippen molar-refractivity contribution < 1.29 is 36.2 Å². The predicted molar refractivity (Wildman–Crippen MR) is 104 cm³/mol. The molecule has 0 spiro atoms. The van der Waals surface area contributed by atoms with Crippen molar-refractivity contribution in [3.8, 4) is 11.5 Å². The van der Waals surface area contributed by atoms with Crippen molar-refractivity contribution in [2.45, 2.75) is 20.8 Å². The second-order valence-corrected chi connectivity index (χ2v) is 6.34. The summed E-state index contributed by atoms with van der Waals surface area (Å²) in [5, 5.41) is 3.86. The lowest BCUT2D eigenvalue weighted by atomic mass is 10.1. The summed E-state index contributed by atoms with van der Waals surface area (Å²) in [6.07, 6.45) is 1.36. The summed E-state index contributed by atoms with van der Waals surface area (Å²) >= 11 is 0. The number of halogens is 5. The lowest BCUT2D eigenvalue weighted by molar-refractivity contribution is -0.114. The maximum Gasteiger partial charge on any atom is 0.280 e. The predicted octanol–water partition coefficient (Wildman–Crippen LogP) is 4.99. The Morgan fingerprint density at radius 1 is 0.935 bits per heavy atom. The van der Waals surface area contributed by atoms with Gasteiger partial charge in [0, 0.05) is 11.6 Å². The van der Waals surface area contributed by atoms with Crippen LogP contribution in [0.3, 0.4) is 0 Å². The fourth-order valence-electron chi connectivity index (χ4n) is 2.94. The van der Waals surface area contributed by atoms with Crippen LogP contribution < -0.4 is 14.5 Å². The van der Waals surface area contributed by atoms with Gasteiger partial charge in [0.1, 0.15) is 17.2 Å². The van der Waals surface area contributed by atoms with E-state index in [0.29, 0.717) is 30.3 Å². The van der Waals surface area contributed by atoms with Crippen LogP contribution >= 0.6 is 0 Å². The van der Waals surface area contributed by atoms with Gasteiger partial charge in [-0.2, -0.15) is 10.1 Å². The molecule has 0 atom stereocenters. The number of amides is 1. The molecule has 0 radical (unpaired) electrons. The molecule has 2 aromatic carbocycles. The zero-order chi connectivity index (χ0) is 22.9. The molecule has 0 aromatic heterocycles. The molecule has 1 aliphatic rings. The van der Waals surface area contributed by atoms with Gasteiger partial charge >= 0.3 is 0 Å². The molecule has 0 aliphatic carbocycles. The van der Waals surface area contributed by atoms with Gasteiger partial charge in [-0.3, -0.25) is 4.79 Å². The number of carbonyl (C=O) groups is 1. The van der Waals surface area contributed by atoms with E-state index < -0.39 is 40.7 Å². The number of carbonyl (C=O) groups excluding carboxylic acids is 1. The minimum absolute atomic E-state index is 0.0188. The average Bonchev–Trinajstić information content (AvgIpc) is 3.01. The third-order valence-corrected chi connectivity index (χ3v) is 4.36. The molecule has 0 fully saturated rings. The normalized spacial score (nSPS) is 15.0. The zero-order valence-corrected chi connectivity index (χ0v) is 16.7.